The van der Waals surface area contributed by atoms with Crippen LogP contribution in [0.4, 0.5) is 5.69 Å². The molecule has 0 bridgehead atoms. The fourth-order valence-corrected chi connectivity index (χ4v) is 3.42. The Kier molecular flexibility index (Phi) is 5.41. The molecule has 3 aromatic rings. The number of carbonyl (C=O) groups excluding carboxylic acids is 2. The largest absolute Gasteiger partial charge is 0.459 e. The van der Waals surface area contributed by atoms with Crippen molar-refractivity contribution < 1.29 is 14.0 Å². The van der Waals surface area contributed by atoms with Crippen LogP contribution in [0, 0.1) is 13.8 Å². The quantitative estimate of drug-likeness (QED) is 0.683. The van der Waals surface area contributed by atoms with E-state index in [1.807, 2.05) is 32.9 Å². The van der Waals surface area contributed by atoms with Crippen molar-refractivity contribution in [3.63, 3.8) is 0 Å². The molecule has 6 nitrogen and oxygen atoms in total. The van der Waals surface area contributed by atoms with Gasteiger partial charge in [-0.1, -0.05) is 0 Å². The van der Waals surface area contributed by atoms with Crippen LogP contribution < -0.4 is 10.6 Å². The van der Waals surface area contributed by atoms with Crippen molar-refractivity contribution >= 4 is 28.8 Å². The summed E-state index contributed by atoms with van der Waals surface area (Å²) >= 11 is 1.29. The lowest BCUT2D eigenvalue weighted by molar-refractivity contribution is 0.0942. The minimum atomic E-state index is -0.237. The first-order valence-corrected chi connectivity index (χ1v) is 9.41. The predicted molar refractivity (Wildman–Crippen MR) is 106 cm³/mol. The average molecular weight is 383 g/mol. The van der Waals surface area contributed by atoms with E-state index in [0.717, 1.165) is 5.76 Å². The minimum Gasteiger partial charge on any atom is -0.459 e. The van der Waals surface area contributed by atoms with E-state index in [-0.39, 0.29) is 17.9 Å². The summed E-state index contributed by atoms with van der Waals surface area (Å²) in [5.74, 6) is 1.07. The highest BCUT2D eigenvalue weighted by Gasteiger charge is 2.18. The lowest BCUT2D eigenvalue weighted by Gasteiger charge is -2.09. The summed E-state index contributed by atoms with van der Waals surface area (Å²) in [6, 6.07) is 10.6. The van der Waals surface area contributed by atoms with Gasteiger partial charge in [-0.05, 0) is 64.1 Å². The Balaban J connectivity index is 1.72. The van der Waals surface area contributed by atoms with Crippen molar-refractivity contribution in [1.29, 1.82) is 0 Å². The molecule has 0 aliphatic heterocycles. The summed E-state index contributed by atoms with van der Waals surface area (Å²) in [6.07, 6.45) is 0. The number of aryl methyl sites for hydroxylation is 2. The van der Waals surface area contributed by atoms with Crippen molar-refractivity contribution in [2.75, 3.05) is 5.32 Å². The molecule has 0 saturated carbocycles. The molecule has 0 radical (unpaired) electrons. The third kappa shape index (κ3) is 4.43. The molecule has 0 aliphatic rings. The number of hydrogen-bond donors (Lipinski definition) is 2. The van der Waals surface area contributed by atoms with Crippen molar-refractivity contribution in [2.45, 2.75) is 33.7 Å². The third-order valence-corrected chi connectivity index (χ3v) is 4.95. The summed E-state index contributed by atoms with van der Waals surface area (Å²) in [5, 5.41) is 6.35. The summed E-state index contributed by atoms with van der Waals surface area (Å²) in [4.78, 5) is 29.5. The summed E-state index contributed by atoms with van der Waals surface area (Å²) in [7, 11) is 0. The topological polar surface area (TPSA) is 84.2 Å². The lowest BCUT2D eigenvalue weighted by Crippen LogP contribution is -2.30. The predicted octanol–water partition coefficient (Wildman–Crippen LogP) is 4.41. The first-order valence-electron chi connectivity index (χ1n) is 8.60. The number of hydrogen-bond acceptors (Lipinski definition) is 5. The van der Waals surface area contributed by atoms with Gasteiger partial charge in [0.1, 0.15) is 10.6 Å². The number of furan rings is 1. The highest BCUT2D eigenvalue weighted by molar-refractivity contribution is 7.17. The van der Waals surface area contributed by atoms with E-state index >= 15 is 0 Å². The molecule has 1 aromatic carbocycles. The van der Waals surface area contributed by atoms with E-state index in [0.29, 0.717) is 32.6 Å². The van der Waals surface area contributed by atoms with Crippen molar-refractivity contribution in [2.24, 2.45) is 0 Å². The summed E-state index contributed by atoms with van der Waals surface area (Å²) in [5.41, 5.74) is 1.81. The number of thiazole rings is 1. The number of rotatable bonds is 5. The van der Waals surface area contributed by atoms with E-state index in [9.17, 15) is 9.59 Å². The monoisotopic (exact) mass is 383 g/mol. The molecular formula is C20H21N3O3S. The first-order chi connectivity index (χ1) is 12.8. The van der Waals surface area contributed by atoms with Crippen LogP contribution in [0.3, 0.4) is 0 Å². The normalized spacial score (nSPS) is 10.9. The maximum Gasteiger partial charge on any atom is 0.267 e. The van der Waals surface area contributed by atoms with Gasteiger partial charge in [0.15, 0.2) is 10.8 Å². The lowest BCUT2D eigenvalue weighted by atomic mass is 10.2. The average Bonchev–Trinajstić information content (AvgIpc) is 3.20. The molecule has 140 valence electrons. The second kappa shape index (κ2) is 7.75. The van der Waals surface area contributed by atoms with Crippen molar-refractivity contribution in [3.05, 3.63) is 58.3 Å². The molecule has 0 fully saturated rings. The van der Waals surface area contributed by atoms with Crippen LogP contribution in [0.1, 0.15) is 45.3 Å². The zero-order valence-corrected chi connectivity index (χ0v) is 16.4. The molecular weight excluding hydrogens is 362 g/mol. The Morgan fingerprint density at radius 2 is 1.74 bits per heavy atom. The van der Waals surface area contributed by atoms with Gasteiger partial charge in [-0.25, -0.2) is 4.98 Å². The van der Waals surface area contributed by atoms with Crippen LogP contribution in [-0.4, -0.2) is 22.8 Å². The molecule has 7 heteroatoms. The number of nitrogens with one attached hydrogen (secondary N) is 2. The number of nitrogens with zero attached hydrogens (tertiary/aromatic N) is 1. The van der Waals surface area contributed by atoms with Crippen LogP contribution in [0.15, 0.2) is 40.8 Å². The van der Waals surface area contributed by atoms with Gasteiger partial charge in [0, 0.05) is 17.3 Å². The fraction of sp³-hybridized carbons (Fsp3) is 0.250. The van der Waals surface area contributed by atoms with Gasteiger partial charge >= 0.3 is 0 Å². The van der Waals surface area contributed by atoms with Gasteiger partial charge in [0.2, 0.25) is 0 Å². The second-order valence-electron chi connectivity index (χ2n) is 6.50. The Morgan fingerprint density at radius 3 is 2.33 bits per heavy atom. The van der Waals surface area contributed by atoms with Crippen LogP contribution in [0.5, 0.6) is 0 Å². The highest BCUT2D eigenvalue weighted by Crippen LogP contribution is 2.29. The summed E-state index contributed by atoms with van der Waals surface area (Å²) < 4.78 is 5.58. The maximum atomic E-state index is 12.6. The molecule has 2 aromatic heterocycles. The van der Waals surface area contributed by atoms with Gasteiger partial charge in [-0.15, -0.1) is 11.3 Å². The fourth-order valence-electron chi connectivity index (χ4n) is 2.50. The minimum absolute atomic E-state index is 0.0679. The number of carbonyl (C=O) groups is 2. The van der Waals surface area contributed by atoms with E-state index < -0.39 is 0 Å². The van der Waals surface area contributed by atoms with Crippen LogP contribution in [0.2, 0.25) is 0 Å². The molecule has 2 heterocycles. The molecule has 0 aliphatic carbocycles. The molecule has 2 amide bonds. The van der Waals surface area contributed by atoms with E-state index in [1.165, 1.54) is 11.3 Å². The Labute approximate surface area is 161 Å². The molecule has 0 saturated heterocycles. The third-order valence-electron chi connectivity index (χ3n) is 3.78. The number of anilines is 1. The second-order valence-corrected chi connectivity index (χ2v) is 7.50. The van der Waals surface area contributed by atoms with E-state index in [4.69, 9.17) is 4.42 Å². The SMILES string of the molecule is Cc1ccc(-c2nc(C)c(C(=O)Nc3ccc(C(=O)NC(C)C)cc3)s2)o1. The molecule has 2 N–H and O–H groups in total. The highest BCUT2D eigenvalue weighted by atomic mass is 32.1. The smallest absolute Gasteiger partial charge is 0.267 e. The van der Waals surface area contributed by atoms with Crippen LogP contribution >= 0.6 is 11.3 Å². The summed E-state index contributed by atoms with van der Waals surface area (Å²) in [6.45, 7) is 7.47. The van der Waals surface area contributed by atoms with Gasteiger partial charge in [0.25, 0.3) is 11.8 Å². The molecule has 3 rings (SSSR count). The Morgan fingerprint density at radius 1 is 1.04 bits per heavy atom. The molecule has 0 unspecified atom stereocenters. The maximum absolute atomic E-state index is 12.6. The number of benzene rings is 1. The van der Waals surface area contributed by atoms with E-state index in [2.05, 4.69) is 15.6 Å². The molecule has 27 heavy (non-hydrogen) atoms. The van der Waals surface area contributed by atoms with Crippen LogP contribution in [-0.2, 0) is 0 Å². The molecule has 0 atom stereocenters. The van der Waals surface area contributed by atoms with Gasteiger partial charge in [-0.3, -0.25) is 9.59 Å². The first kappa shape index (κ1) is 18.8. The number of amides is 2. The zero-order valence-electron chi connectivity index (χ0n) is 15.6. The van der Waals surface area contributed by atoms with Crippen molar-refractivity contribution in [1.82, 2.24) is 10.3 Å². The zero-order chi connectivity index (χ0) is 19.6. The standard InChI is InChI=1S/C20H21N3O3S/c1-11(2)21-18(24)14-6-8-15(9-7-14)23-19(25)17-13(4)22-20(27-17)16-10-5-12(3)26-16/h5-11H,1-4H3,(H,21,24)(H,23,25). The van der Waals surface area contributed by atoms with Crippen molar-refractivity contribution in [3.8, 4) is 10.8 Å². The van der Waals surface area contributed by atoms with Crippen LogP contribution in [0.25, 0.3) is 10.8 Å². The Bertz CT molecular complexity index is 971. The number of aromatic nitrogens is 1. The van der Waals surface area contributed by atoms with Gasteiger partial charge in [-0.2, -0.15) is 0 Å². The molecule has 0 spiro atoms. The Hall–Kier alpha value is -2.93. The van der Waals surface area contributed by atoms with E-state index in [1.54, 1.807) is 31.2 Å². The van der Waals surface area contributed by atoms with Gasteiger partial charge in [0.05, 0.1) is 5.69 Å². The van der Waals surface area contributed by atoms with Gasteiger partial charge < -0.3 is 15.1 Å².